The topological polar surface area (TPSA) is 70.1 Å². The van der Waals surface area contributed by atoms with Gasteiger partial charge in [0.25, 0.3) is 0 Å². The van der Waals surface area contributed by atoms with Gasteiger partial charge in [-0.3, -0.25) is 4.68 Å². The average molecular weight is 273 g/mol. The third-order valence-electron chi connectivity index (χ3n) is 2.63. The van der Waals surface area contributed by atoms with Crippen LogP contribution in [0.4, 0.5) is 5.69 Å². The van der Waals surface area contributed by atoms with Gasteiger partial charge in [0.15, 0.2) is 0 Å². The van der Waals surface area contributed by atoms with Crippen molar-refractivity contribution in [1.29, 1.82) is 0 Å². The van der Waals surface area contributed by atoms with Gasteiger partial charge in [0.1, 0.15) is 16.9 Å². The first-order valence-electron chi connectivity index (χ1n) is 6.39. The fraction of sp³-hybridized carbons (Fsp3) is 0.333. The van der Waals surface area contributed by atoms with Gasteiger partial charge in [-0.2, -0.15) is 5.10 Å². The largest absolute Gasteiger partial charge is 0.456 e. The van der Waals surface area contributed by atoms with Crippen LogP contribution in [0.2, 0.25) is 0 Å². The van der Waals surface area contributed by atoms with Crippen molar-refractivity contribution in [2.24, 2.45) is 7.05 Å². The highest BCUT2D eigenvalue weighted by Crippen LogP contribution is 2.24. The number of rotatable bonds is 2. The molecule has 1 heterocycles. The number of nitrogens with zero attached hydrogens (tertiary/aromatic N) is 2. The number of anilines is 1. The number of benzene rings is 1. The molecule has 0 fully saturated rings. The Kier molecular flexibility index (Phi) is 3.53. The minimum atomic E-state index is -0.536. The number of hydrogen-bond acceptors (Lipinski definition) is 4. The molecule has 0 aliphatic heterocycles. The van der Waals surface area contributed by atoms with Gasteiger partial charge in [0, 0.05) is 24.5 Å². The van der Waals surface area contributed by atoms with Gasteiger partial charge < -0.3 is 10.5 Å². The lowest BCUT2D eigenvalue weighted by molar-refractivity contribution is 0.00703. The van der Waals surface area contributed by atoms with Gasteiger partial charge in [0.2, 0.25) is 0 Å². The van der Waals surface area contributed by atoms with E-state index in [9.17, 15) is 4.79 Å². The lowest BCUT2D eigenvalue weighted by atomic mass is 10.1. The summed E-state index contributed by atoms with van der Waals surface area (Å²) in [5.74, 6) is -0.377. The molecule has 2 rings (SSSR count). The molecule has 5 nitrogen and oxygen atoms in total. The fourth-order valence-corrected chi connectivity index (χ4v) is 1.83. The Morgan fingerprint density at radius 2 is 1.85 bits per heavy atom. The van der Waals surface area contributed by atoms with E-state index in [0.29, 0.717) is 16.9 Å². The molecule has 1 aromatic carbocycles. The lowest BCUT2D eigenvalue weighted by Gasteiger charge is -2.19. The molecule has 5 heteroatoms. The summed E-state index contributed by atoms with van der Waals surface area (Å²) in [6.45, 7) is 5.51. The summed E-state index contributed by atoms with van der Waals surface area (Å²) in [6.07, 6.45) is 1.67. The van der Waals surface area contributed by atoms with Gasteiger partial charge >= 0.3 is 5.97 Å². The van der Waals surface area contributed by atoms with Gasteiger partial charge in [-0.15, -0.1) is 0 Å². The highest BCUT2D eigenvalue weighted by Gasteiger charge is 2.23. The van der Waals surface area contributed by atoms with Crippen LogP contribution in [-0.4, -0.2) is 21.4 Å². The Morgan fingerprint density at radius 1 is 1.25 bits per heavy atom. The maximum absolute atomic E-state index is 12.2. The summed E-state index contributed by atoms with van der Waals surface area (Å²) in [5, 5.41) is 4.34. The summed E-state index contributed by atoms with van der Waals surface area (Å²) in [5.41, 5.74) is 7.69. The number of esters is 1. The van der Waals surface area contributed by atoms with E-state index in [0.717, 1.165) is 5.56 Å². The third kappa shape index (κ3) is 3.17. The fourth-order valence-electron chi connectivity index (χ4n) is 1.83. The van der Waals surface area contributed by atoms with Crippen molar-refractivity contribution in [2.75, 3.05) is 5.73 Å². The van der Waals surface area contributed by atoms with E-state index in [1.807, 2.05) is 32.9 Å². The van der Waals surface area contributed by atoms with Crippen LogP contribution < -0.4 is 5.73 Å². The van der Waals surface area contributed by atoms with Crippen LogP contribution in [0.1, 0.15) is 31.1 Å². The molecule has 106 valence electrons. The molecule has 0 saturated carbocycles. The summed E-state index contributed by atoms with van der Waals surface area (Å²) in [4.78, 5) is 12.2. The maximum atomic E-state index is 12.2. The number of carbonyl (C=O) groups excluding carboxylic acids is 1. The van der Waals surface area contributed by atoms with Gasteiger partial charge in [0.05, 0.1) is 0 Å². The Hall–Kier alpha value is -2.30. The Labute approximate surface area is 118 Å². The summed E-state index contributed by atoms with van der Waals surface area (Å²) >= 11 is 0. The first-order valence-corrected chi connectivity index (χ1v) is 6.39. The van der Waals surface area contributed by atoms with E-state index in [-0.39, 0.29) is 5.97 Å². The van der Waals surface area contributed by atoms with Crippen molar-refractivity contribution in [1.82, 2.24) is 9.78 Å². The molecule has 0 radical (unpaired) electrons. The van der Waals surface area contributed by atoms with E-state index < -0.39 is 5.60 Å². The van der Waals surface area contributed by atoms with Crippen molar-refractivity contribution in [2.45, 2.75) is 26.4 Å². The quantitative estimate of drug-likeness (QED) is 0.674. The Balaban J connectivity index is 2.40. The third-order valence-corrected chi connectivity index (χ3v) is 2.63. The molecule has 0 bridgehead atoms. The Bertz CT molecular complexity index is 622. The van der Waals surface area contributed by atoms with E-state index in [4.69, 9.17) is 10.5 Å². The highest BCUT2D eigenvalue weighted by atomic mass is 16.6. The predicted octanol–water partition coefficient (Wildman–Crippen LogP) is 2.62. The molecule has 0 aliphatic rings. The second-order valence-corrected chi connectivity index (χ2v) is 5.69. The molecule has 0 amide bonds. The summed E-state index contributed by atoms with van der Waals surface area (Å²) in [7, 11) is 1.77. The van der Waals surface area contributed by atoms with E-state index in [2.05, 4.69) is 5.10 Å². The van der Waals surface area contributed by atoms with E-state index in [1.165, 1.54) is 0 Å². The molecule has 0 atom stereocenters. The van der Waals surface area contributed by atoms with Crippen molar-refractivity contribution in [3.8, 4) is 11.3 Å². The highest BCUT2D eigenvalue weighted by molar-refractivity contribution is 5.96. The predicted molar refractivity (Wildman–Crippen MR) is 78.2 cm³/mol. The van der Waals surface area contributed by atoms with Crippen LogP contribution in [-0.2, 0) is 11.8 Å². The molecular formula is C15H19N3O2. The smallest absolute Gasteiger partial charge is 0.342 e. The number of hydrogen-bond donors (Lipinski definition) is 1. The molecule has 2 aromatic rings. The molecule has 2 N–H and O–H groups in total. The maximum Gasteiger partial charge on any atom is 0.342 e. The van der Waals surface area contributed by atoms with Crippen molar-refractivity contribution >= 4 is 11.7 Å². The second-order valence-electron chi connectivity index (χ2n) is 5.69. The minimum absolute atomic E-state index is 0.377. The van der Waals surface area contributed by atoms with E-state index in [1.54, 1.807) is 30.1 Å². The van der Waals surface area contributed by atoms with Crippen LogP contribution in [0.15, 0.2) is 30.5 Å². The molecular weight excluding hydrogens is 254 g/mol. The number of carbonyl (C=O) groups is 1. The lowest BCUT2D eigenvalue weighted by Crippen LogP contribution is -2.24. The zero-order valence-corrected chi connectivity index (χ0v) is 12.2. The summed E-state index contributed by atoms with van der Waals surface area (Å²) in [6, 6.07) is 7.24. The van der Waals surface area contributed by atoms with Gasteiger partial charge in [-0.1, -0.05) is 12.1 Å². The molecule has 1 aromatic heterocycles. The Morgan fingerprint density at radius 3 is 2.40 bits per heavy atom. The minimum Gasteiger partial charge on any atom is -0.456 e. The standard InChI is InChI=1S/C15H19N3O2/c1-15(2,3)20-14(19)12-9-18(4)17-13(12)10-5-7-11(16)8-6-10/h5-9H,16H2,1-4H3. The zero-order valence-electron chi connectivity index (χ0n) is 12.2. The van der Waals surface area contributed by atoms with Crippen molar-refractivity contribution in [3.63, 3.8) is 0 Å². The van der Waals surface area contributed by atoms with Crippen LogP contribution in [0.25, 0.3) is 11.3 Å². The van der Waals surface area contributed by atoms with Crippen LogP contribution in [0.3, 0.4) is 0 Å². The molecule has 20 heavy (non-hydrogen) atoms. The van der Waals surface area contributed by atoms with Crippen LogP contribution in [0.5, 0.6) is 0 Å². The number of aryl methyl sites for hydroxylation is 1. The molecule has 0 unspecified atom stereocenters. The number of ether oxygens (including phenoxy) is 1. The van der Waals surface area contributed by atoms with Crippen molar-refractivity contribution < 1.29 is 9.53 Å². The first-order chi connectivity index (χ1) is 9.26. The van der Waals surface area contributed by atoms with Crippen LogP contribution in [0, 0.1) is 0 Å². The summed E-state index contributed by atoms with van der Waals surface area (Å²) < 4.78 is 7.01. The number of nitrogen functional groups attached to an aromatic ring is 1. The van der Waals surface area contributed by atoms with Crippen molar-refractivity contribution in [3.05, 3.63) is 36.0 Å². The number of nitrogens with two attached hydrogens (primary N) is 1. The SMILES string of the molecule is Cn1cc(C(=O)OC(C)(C)C)c(-c2ccc(N)cc2)n1. The second kappa shape index (κ2) is 5.00. The zero-order chi connectivity index (χ0) is 14.9. The molecule has 0 aliphatic carbocycles. The monoisotopic (exact) mass is 273 g/mol. The van der Waals surface area contributed by atoms with E-state index >= 15 is 0 Å². The number of aromatic nitrogens is 2. The van der Waals surface area contributed by atoms with Crippen LogP contribution >= 0.6 is 0 Å². The molecule has 0 spiro atoms. The first kappa shape index (κ1) is 14.1. The molecule has 0 saturated heterocycles. The van der Waals surface area contributed by atoms with Gasteiger partial charge in [-0.25, -0.2) is 4.79 Å². The van der Waals surface area contributed by atoms with Gasteiger partial charge in [-0.05, 0) is 32.9 Å². The normalized spacial score (nSPS) is 11.4. The average Bonchev–Trinajstić information content (AvgIpc) is 2.70.